The van der Waals surface area contributed by atoms with Crippen molar-refractivity contribution < 1.29 is 9.32 Å². The summed E-state index contributed by atoms with van der Waals surface area (Å²) in [7, 11) is 1.79. The third-order valence-electron chi connectivity index (χ3n) is 2.39. The van der Waals surface area contributed by atoms with E-state index in [1.54, 1.807) is 38.4 Å². The van der Waals surface area contributed by atoms with E-state index in [0.717, 1.165) is 11.4 Å². The van der Waals surface area contributed by atoms with Crippen LogP contribution in [-0.2, 0) is 6.54 Å². The van der Waals surface area contributed by atoms with Crippen LogP contribution in [0.5, 0.6) is 0 Å². The SMILES string of the molecule is CNc1ccnc(C(=O)NCc2cc(C)on2)c1. The van der Waals surface area contributed by atoms with E-state index >= 15 is 0 Å². The maximum Gasteiger partial charge on any atom is 0.270 e. The van der Waals surface area contributed by atoms with Crippen molar-refractivity contribution in [3.8, 4) is 0 Å². The van der Waals surface area contributed by atoms with Crippen molar-refractivity contribution in [2.24, 2.45) is 0 Å². The van der Waals surface area contributed by atoms with Crippen molar-refractivity contribution >= 4 is 11.6 Å². The summed E-state index contributed by atoms with van der Waals surface area (Å²) in [6, 6.07) is 5.25. The highest BCUT2D eigenvalue weighted by Gasteiger charge is 2.08. The Balaban J connectivity index is 1.99. The molecule has 0 radical (unpaired) electrons. The van der Waals surface area contributed by atoms with Gasteiger partial charge in [0.1, 0.15) is 17.1 Å². The number of carbonyl (C=O) groups excluding carboxylic acids is 1. The average Bonchev–Trinajstić information content (AvgIpc) is 2.82. The molecule has 6 nitrogen and oxygen atoms in total. The van der Waals surface area contributed by atoms with Gasteiger partial charge in [-0.2, -0.15) is 0 Å². The molecule has 2 heterocycles. The fourth-order valence-corrected chi connectivity index (χ4v) is 1.47. The molecule has 0 aliphatic carbocycles. The molecule has 6 heteroatoms. The lowest BCUT2D eigenvalue weighted by atomic mass is 10.3. The molecule has 0 unspecified atom stereocenters. The first kappa shape index (κ1) is 12.1. The van der Waals surface area contributed by atoms with E-state index in [4.69, 9.17) is 4.52 Å². The van der Waals surface area contributed by atoms with E-state index in [9.17, 15) is 4.79 Å². The van der Waals surface area contributed by atoms with Gasteiger partial charge >= 0.3 is 0 Å². The molecule has 18 heavy (non-hydrogen) atoms. The molecule has 0 spiro atoms. The number of pyridine rings is 1. The summed E-state index contributed by atoms with van der Waals surface area (Å²) in [5.74, 6) is 0.474. The second-order valence-corrected chi connectivity index (χ2v) is 3.79. The topological polar surface area (TPSA) is 80.0 Å². The first-order chi connectivity index (χ1) is 8.69. The molecule has 2 aromatic rings. The lowest BCUT2D eigenvalue weighted by Gasteiger charge is -2.04. The van der Waals surface area contributed by atoms with E-state index in [1.807, 2.05) is 0 Å². The Morgan fingerprint density at radius 1 is 1.44 bits per heavy atom. The standard InChI is InChI=1S/C12H14N4O2/c1-8-5-10(16-18-8)7-15-12(17)11-6-9(13-2)3-4-14-11/h3-6H,7H2,1-2H3,(H,13,14)(H,15,17). The number of carbonyl (C=O) groups is 1. The van der Waals surface area contributed by atoms with Gasteiger partial charge in [0.05, 0.1) is 6.54 Å². The monoisotopic (exact) mass is 246 g/mol. The van der Waals surface area contributed by atoms with Gasteiger partial charge in [-0.05, 0) is 19.1 Å². The minimum Gasteiger partial charge on any atom is -0.388 e. The van der Waals surface area contributed by atoms with Gasteiger partial charge in [0, 0.05) is 25.0 Å². The van der Waals surface area contributed by atoms with Crippen LogP contribution >= 0.6 is 0 Å². The van der Waals surface area contributed by atoms with Crippen LogP contribution in [-0.4, -0.2) is 23.1 Å². The second-order valence-electron chi connectivity index (χ2n) is 3.79. The molecule has 0 saturated heterocycles. The Bertz CT molecular complexity index is 551. The molecule has 0 fully saturated rings. The summed E-state index contributed by atoms with van der Waals surface area (Å²) < 4.78 is 4.91. The number of nitrogens with zero attached hydrogens (tertiary/aromatic N) is 2. The number of anilines is 1. The molecule has 0 atom stereocenters. The third kappa shape index (κ3) is 2.85. The Morgan fingerprint density at radius 3 is 2.94 bits per heavy atom. The van der Waals surface area contributed by atoms with E-state index < -0.39 is 0 Å². The van der Waals surface area contributed by atoms with Gasteiger partial charge in [0.2, 0.25) is 0 Å². The smallest absolute Gasteiger partial charge is 0.270 e. The third-order valence-corrected chi connectivity index (χ3v) is 2.39. The van der Waals surface area contributed by atoms with Crippen molar-refractivity contribution in [2.75, 3.05) is 12.4 Å². The van der Waals surface area contributed by atoms with Gasteiger partial charge in [-0.15, -0.1) is 0 Å². The van der Waals surface area contributed by atoms with Crippen LogP contribution in [0.3, 0.4) is 0 Å². The van der Waals surface area contributed by atoms with Gasteiger partial charge in [0.15, 0.2) is 0 Å². The Morgan fingerprint density at radius 2 is 2.28 bits per heavy atom. The number of nitrogens with one attached hydrogen (secondary N) is 2. The molecule has 94 valence electrons. The molecule has 0 aliphatic heterocycles. The second kappa shape index (κ2) is 5.31. The summed E-state index contributed by atoms with van der Waals surface area (Å²) in [6.45, 7) is 2.12. The maximum atomic E-state index is 11.8. The fourth-order valence-electron chi connectivity index (χ4n) is 1.47. The summed E-state index contributed by atoms with van der Waals surface area (Å²) in [5, 5.41) is 9.47. The Hall–Kier alpha value is -2.37. The number of aryl methyl sites for hydroxylation is 1. The van der Waals surface area contributed by atoms with Crippen molar-refractivity contribution in [3.05, 3.63) is 41.5 Å². The number of amides is 1. The van der Waals surface area contributed by atoms with E-state index in [0.29, 0.717) is 17.9 Å². The number of hydrogen-bond donors (Lipinski definition) is 2. The molecule has 0 aromatic carbocycles. The van der Waals surface area contributed by atoms with Gasteiger partial charge in [-0.25, -0.2) is 0 Å². The predicted molar refractivity (Wildman–Crippen MR) is 66.2 cm³/mol. The van der Waals surface area contributed by atoms with Crippen LogP contribution in [0.25, 0.3) is 0 Å². The molecule has 2 rings (SSSR count). The zero-order valence-corrected chi connectivity index (χ0v) is 10.2. The van der Waals surface area contributed by atoms with Crippen molar-refractivity contribution in [3.63, 3.8) is 0 Å². The molecule has 2 aromatic heterocycles. The minimum atomic E-state index is -0.243. The lowest BCUT2D eigenvalue weighted by molar-refractivity contribution is 0.0945. The highest BCUT2D eigenvalue weighted by Crippen LogP contribution is 2.07. The van der Waals surface area contributed by atoms with Crippen LogP contribution in [0.1, 0.15) is 21.9 Å². The van der Waals surface area contributed by atoms with Gasteiger partial charge in [-0.3, -0.25) is 9.78 Å². The largest absolute Gasteiger partial charge is 0.388 e. The number of aromatic nitrogens is 2. The summed E-state index contributed by atoms with van der Waals surface area (Å²) in [5.41, 5.74) is 1.89. The van der Waals surface area contributed by atoms with Crippen LogP contribution in [0.2, 0.25) is 0 Å². The Labute approximate surface area is 104 Å². The predicted octanol–water partition coefficient (Wildman–Crippen LogP) is 1.35. The molecule has 0 saturated carbocycles. The zero-order valence-electron chi connectivity index (χ0n) is 10.2. The zero-order chi connectivity index (χ0) is 13.0. The molecule has 2 N–H and O–H groups in total. The average molecular weight is 246 g/mol. The van der Waals surface area contributed by atoms with Crippen molar-refractivity contribution in [1.82, 2.24) is 15.5 Å². The molecule has 0 aliphatic rings. The van der Waals surface area contributed by atoms with Crippen LogP contribution in [0.4, 0.5) is 5.69 Å². The number of rotatable bonds is 4. The lowest BCUT2D eigenvalue weighted by Crippen LogP contribution is -2.24. The van der Waals surface area contributed by atoms with Gasteiger partial charge < -0.3 is 15.2 Å². The highest BCUT2D eigenvalue weighted by atomic mass is 16.5. The molecular formula is C12H14N4O2. The van der Waals surface area contributed by atoms with Gasteiger partial charge in [-0.1, -0.05) is 5.16 Å². The summed E-state index contributed by atoms with van der Waals surface area (Å²) >= 11 is 0. The highest BCUT2D eigenvalue weighted by molar-refractivity contribution is 5.92. The number of hydrogen-bond acceptors (Lipinski definition) is 5. The summed E-state index contributed by atoms with van der Waals surface area (Å²) in [4.78, 5) is 15.8. The van der Waals surface area contributed by atoms with Gasteiger partial charge in [0.25, 0.3) is 5.91 Å². The normalized spacial score (nSPS) is 10.1. The van der Waals surface area contributed by atoms with E-state index in [2.05, 4.69) is 20.8 Å². The van der Waals surface area contributed by atoms with Crippen molar-refractivity contribution in [1.29, 1.82) is 0 Å². The summed E-state index contributed by atoms with van der Waals surface area (Å²) in [6.07, 6.45) is 1.58. The van der Waals surface area contributed by atoms with Crippen LogP contribution < -0.4 is 10.6 Å². The maximum absolute atomic E-state index is 11.8. The molecule has 0 bridgehead atoms. The quantitative estimate of drug-likeness (QED) is 0.851. The Kier molecular flexibility index (Phi) is 3.57. The fraction of sp³-hybridized carbons (Fsp3) is 0.250. The van der Waals surface area contributed by atoms with Crippen LogP contribution in [0, 0.1) is 6.92 Å². The molecule has 1 amide bonds. The van der Waals surface area contributed by atoms with E-state index in [-0.39, 0.29) is 5.91 Å². The first-order valence-electron chi connectivity index (χ1n) is 5.53. The minimum absolute atomic E-state index is 0.243. The van der Waals surface area contributed by atoms with Crippen LogP contribution in [0.15, 0.2) is 28.9 Å². The molecular weight excluding hydrogens is 232 g/mol. The van der Waals surface area contributed by atoms with E-state index in [1.165, 1.54) is 0 Å². The van der Waals surface area contributed by atoms with Crippen molar-refractivity contribution in [2.45, 2.75) is 13.5 Å². The first-order valence-corrected chi connectivity index (χ1v) is 5.53.